The average Bonchev–Trinajstić information content (AvgIpc) is 2.38. The summed E-state index contributed by atoms with van der Waals surface area (Å²) in [7, 11) is 0. The highest BCUT2D eigenvalue weighted by molar-refractivity contribution is 9.10. The monoisotopic (exact) mass is 351 g/mol. The zero-order valence-corrected chi connectivity index (χ0v) is 13.5. The molecule has 2 aliphatic rings. The third-order valence-electron chi connectivity index (χ3n) is 4.52. The molecule has 1 N–H and O–H groups in total. The maximum absolute atomic E-state index is 12.4. The van der Waals surface area contributed by atoms with E-state index >= 15 is 0 Å². The number of imide groups is 1. The first kappa shape index (κ1) is 14.7. The molecule has 1 aliphatic heterocycles. The maximum Gasteiger partial charge on any atom is 0.234 e. The molecule has 2 fully saturated rings. The smallest absolute Gasteiger partial charge is 0.234 e. The number of benzene rings is 1. The van der Waals surface area contributed by atoms with Gasteiger partial charge in [-0.05, 0) is 42.9 Å². The third kappa shape index (κ3) is 2.64. The predicted molar refractivity (Wildman–Crippen MR) is 81.7 cm³/mol. The third-order valence-corrected chi connectivity index (χ3v) is 5.05. The minimum atomic E-state index is -0.271. The summed E-state index contributed by atoms with van der Waals surface area (Å²) >= 11 is 3.41. The first-order valence-electron chi connectivity index (χ1n) is 7.25. The van der Waals surface area contributed by atoms with E-state index in [9.17, 15) is 9.59 Å². The second kappa shape index (κ2) is 5.54. The zero-order chi connectivity index (χ0) is 15.0. The van der Waals surface area contributed by atoms with E-state index in [1.165, 1.54) is 0 Å². The molecule has 1 atom stereocenters. The van der Waals surface area contributed by atoms with Crippen molar-refractivity contribution in [3.05, 3.63) is 34.3 Å². The lowest BCUT2D eigenvalue weighted by atomic mass is 9.54. The molecule has 0 bridgehead atoms. The molecule has 1 heterocycles. The van der Waals surface area contributed by atoms with Crippen molar-refractivity contribution in [3.63, 3.8) is 0 Å². The molecule has 1 spiro atoms. The molecule has 1 aromatic carbocycles. The van der Waals surface area contributed by atoms with Gasteiger partial charge in [0.1, 0.15) is 0 Å². The largest absolute Gasteiger partial charge is 0.378 e. The van der Waals surface area contributed by atoms with Crippen molar-refractivity contribution < 1.29 is 14.3 Å². The van der Waals surface area contributed by atoms with Crippen molar-refractivity contribution in [2.45, 2.75) is 38.2 Å². The lowest BCUT2D eigenvalue weighted by molar-refractivity contribution is -0.153. The van der Waals surface area contributed by atoms with Crippen LogP contribution in [0.5, 0.6) is 0 Å². The van der Waals surface area contributed by atoms with E-state index in [0.717, 1.165) is 22.9 Å². The van der Waals surface area contributed by atoms with E-state index in [1.807, 2.05) is 31.2 Å². The lowest BCUT2D eigenvalue weighted by Crippen LogP contribution is -2.57. The molecule has 0 aromatic heterocycles. The molecule has 1 unspecified atom stereocenters. The van der Waals surface area contributed by atoms with Crippen molar-refractivity contribution in [3.8, 4) is 0 Å². The second-order valence-electron chi connectivity index (χ2n) is 5.92. The number of nitrogens with one attached hydrogen (secondary N) is 1. The second-order valence-corrected chi connectivity index (χ2v) is 6.84. The standard InChI is InChI=1S/C16H18BrNO3/c1-2-21-12-7-16(8-12)9-13(19)18-15(20)14(16)10-3-5-11(17)6-4-10/h3-6,12,14H,2,7-9H2,1H3,(H,18,19,20). The fourth-order valence-electron chi connectivity index (χ4n) is 3.69. The molecular weight excluding hydrogens is 334 g/mol. The van der Waals surface area contributed by atoms with Gasteiger partial charge < -0.3 is 4.74 Å². The van der Waals surface area contributed by atoms with E-state index in [-0.39, 0.29) is 29.3 Å². The van der Waals surface area contributed by atoms with E-state index in [4.69, 9.17) is 4.74 Å². The van der Waals surface area contributed by atoms with Gasteiger partial charge in [-0.3, -0.25) is 14.9 Å². The molecule has 21 heavy (non-hydrogen) atoms. The van der Waals surface area contributed by atoms with Crippen LogP contribution in [-0.2, 0) is 14.3 Å². The summed E-state index contributed by atoms with van der Waals surface area (Å²) in [6.07, 6.45) is 2.14. The molecule has 1 saturated heterocycles. The van der Waals surface area contributed by atoms with Crippen LogP contribution in [0.3, 0.4) is 0 Å². The number of ether oxygens (including phenoxy) is 1. The first-order chi connectivity index (χ1) is 10.0. The Morgan fingerprint density at radius 2 is 1.95 bits per heavy atom. The van der Waals surface area contributed by atoms with Crippen LogP contribution < -0.4 is 5.32 Å². The zero-order valence-electron chi connectivity index (χ0n) is 11.9. The molecular formula is C16H18BrNO3. The molecule has 112 valence electrons. The van der Waals surface area contributed by atoms with Crippen molar-refractivity contribution in [2.24, 2.45) is 5.41 Å². The number of carbonyl (C=O) groups is 2. The SMILES string of the molecule is CCOC1CC2(CC(=O)NC(=O)C2c2ccc(Br)cc2)C1. The fraction of sp³-hybridized carbons (Fsp3) is 0.500. The van der Waals surface area contributed by atoms with E-state index in [0.29, 0.717) is 13.0 Å². The van der Waals surface area contributed by atoms with E-state index < -0.39 is 0 Å². The number of hydrogen-bond acceptors (Lipinski definition) is 3. The van der Waals surface area contributed by atoms with Gasteiger partial charge in [0.2, 0.25) is 11.8 Å². The maximum atomic E-state index is 12.4. The Morgan fingerprint density at radius 1 is 1.29 bits per heavy atom. The van der Waals surface area contributed by atoms with Gasteiger partial charge in [-0.15, -0.1) is 0 Å². The summed E-state index contributed by atoms with van der Waals surface area (Å²) in [5.41, 5.74) is 0.700. The van der Waals surface area contributed by atoms with Gasteiger partial charge in [0.05, 0.1) is 12.0 Å². The number of halogens is 1. The Morgan fingerprint density at radius 3 is 2.57 bits per heavy atom. The van der Waals surface area contributed by atoms with Gasteiger partial charge in [-0.1, -0.05) is 28.1 Å². The van der Waals surface area contributed by atoms with Crippen LogP contribution in [0.1, 0.15) is 37.7 Å². The van der Waals surface area contributed by atoms with Crippen LogP contribution in [0.15, 0.2) is 28.7 Å². The molecule has 1 aromatic rings. The highest BCUT2D eigenvalue weighted by atomic mass is 79.9. The van der Waals surface area contributed by atoms with Crippen LogP contribution in [0.2, 0.25) is 0 Å². The molecule has 3 rings (SSSR count). The summed E-state index contributed by atoms with van der Waals surface area (Å²) in [4.78, 5) is 24.2. The highest BCUT2D eigenvalue weighted by Crippen LogP contribution is 2.56. The van der Waals surface area contributed by atoms with Crippen LogP contribution in [0.4, 0.5) is 0 Å². The fourth-order valence-corrected chi connectivity index (χ4v) is 3.96. The van der Waals surface area contributed by atoms with E-state index in [1.54, 1.807) is 0 Å². The van der Waals surface area contributed by atoms with Crippen molar-refractivity contribution >= 4 is 27.7 Å². The minimum Gasteiger partial charge on any atom is -0.378 e. The number of rotatable bonds is 3. The van der Waals surface area contributed by atoms with Crippen molar-refractivity contribution in [2.75, 3.05) is 6.61 Å². The van der Waals surface area contributed by atoms with Gasteiger partial charge in [-0.2, -0.15) is 0 Å². The molecule has 5 heteroatoms. The van der Waals surface area contributed by atoms with Gasteiger partial charge in [0.25, 0.3) is 0 Å². The number of hydrogen-bond donors (Lipinski definition) is 1. The summed E-state index contributed by atoms with van der Waals surface area (Å²) in [6, 6.07) is 7.79. The van der Waals surface area contributed by atoms with Gasteiger partial charge in [0.15, 0.2) is 0 Å². The van der Waals surface area contributed by atoms with E-state index in [2.05, 4.69) is 21.2 Å². The summed E-state index contributed by atoms with van der Waals surface area (Å²) in [5, 5.41) is 2.48. The topological polar surface area (TPSA) is 55.4 Å². The Hall–Kier alpha value is -1.20. The number of carbonyl (C=O) groups excluding carboxylic acids is 2. The summed E-state index contributed by atoms with van der Waals surface area (Å²) < 4.78 is 6.61. The Bertz CT molecular complexity index is 563. The number of piperidine rings is 1. The molecule has 2 amide bonds. The summed E-state index contributed by atoms with van der Waals surface area (Å²) in [5.74, 6) is -0.605. The van der Waals surface area contributed by atoms with Gasteiger partial charge in [0, 0.05) is 17.5 Å². The summed E-state index contributed by atoms with van der Waals surface area (Å²) in [6.45, 7) is 2.64. The first-order valence-corrected chi connectivity index (χ1v) is 8.04. The Labute approximate surface area is 132 Å². The quantitative estimate of drug-likeness (QED) is 0.852. The van der Waals surface area contributed by atoms with Crippen LogP contribution >= 0.6 is 15.9 Å². The normalized spacial score (nSPS) is 31.9. The van der Waals surface area contributed by atoms with Crippen molar-refractivity contribution in [1.82, 2.24) is 5.32 Å². The van der Waals surface area contributed by atoms with Crippen LogP contribution in [0, 0.1) is 5.41 Å². The van der Waals surface area contributed by atoms with Gasteiger partial charge in [-0.25, -0.2) is 0 Å². The highest BCUT2D eigenvalue weighted by Gasteiger charge is 2.56. The Kier molecular flexibility index (Phi) is 3.88. The predicted octanol–water partition coefficient (Wildman–Crippen LogP) is 2.76. The van der Waals surface area contributed by atoms with Gasteiger partial charge >= 0.3 is 0 Å². The average molecular weight is 352 g/mol. The van der Waals surface area contributed by atoms with Crippen molar-refractivity contribution in [1.29, 1.82) is 0 Å². The van der Waals surface area contributed by atoms with Crippen LogP contribution in [-0.4, -0.2) is 24.5 Å². The minimum absolute atomic E-state index is 0.164. The number of amides is 2. The molecule has 1 aliphatic carbocycles. The lowest BCUT2D eigenvalue weighted by Gasteiger charge is -2.53. The molecule has 0 radical (unpaired) electrons. The van der Waals surface area contributed by atoms with Crippen LogP contribution in [0.25, 0.3) is 0 Å². The molecule has 1 saturated carbocycles. The Balaban J connectivity index is 1.89. The molecule has 4 nitrogen and oxygen atoms in total.